The molecule has 0 spiro atoms. The minimum atomic E-state index is 0.0508. The summed E-state index contributed by atoms with van der Waals surface area (Å²) >= 11 is 0. The number of nitrogens with zero attached hydrogens (tertiary/aromatic N) is 2. The van der Waals surface area contributed by atoms with Crippen LogP contribution >= 0.6 is 0 Å². The van der Waals surface area contributed by atoms with Gasteiger partial charge in [-0.3, -0.25) is 0 Å². The summed E-state index contributed by atoms with van der Waals surface area (Å²) < 4.78 is 0. The maximum atomic E-state index is 5.10. The summed E-state index contributed by atoms with van der Waals surface area (Å²) in [7, 11) is 0. The van der Waals surface area contributed by atoms with E-state index in [1.54, 1.807) is 0 Å². The van der Waals surface area contributed by atoms with E-state index in [1.807, 2.05) is 12.1 Å². The molecule has 1 heterocycles. The summed E-state index contributed by atoms with van der Waals surface area (Å²) in [6.07, 6.45) is 0. The zero-order valence-corrected chi connectivity index (χ0v) is 31.8. The first-order valence-electron chi connectivity index (χ1n) is 19.4. The van der Waals surface area contributed by atoms with Gasteiger partial charge in [-0.25, -0.2) is 9.97 Å². The summed E-state index contributed by atoms with van der Waals surface area (Å²) in [5.41, 5.74) is 13.6. The van der Waals surface area contributed by atoms with Crippen molar-refractivity contribution < 1.29 is 0 Å². The van der Waals surface area contributed by atoms with Crippen molar-refractivity contribution >= 4 is 32.3 Å². The molecule has 0 fully saturated rings. The van der Waals surface area contributed by atoms with Gasteiger partial charge in [-0.1, -0.05) is 197 Å². The molecule has 0 aliphatic heterocycles. The molecule has 266 valence electrons. The summed E-state index contributed by atoms with van der Waals surface area (Å²) in [4.78, 5) is 10.2. The molecule has 10 rings (SSSR count). The first-order chi connectivity index (χ1) is 27.4. The van der Waals surface area contributed by atoms with E-state index >= 15 is 0 Å². The van der Waals surface area contributed by atoms with Crippen molar-refractivity contribution in [2.75, 3.05) is 0 Å². The maximum Gasteiger partial charge on any atom is 0.160 e. The average molecular weight is 717 g/mol. The molecule has 10 aromatic rings. The third kappa shape index (κ3) is 6.01. The Morgan fingerprint density at radius 2 is 0.750 bits per heavy atom. The van der Waals surface area contributed by atoms with Crippen LogP contribution in [0.3, 0.4) is 0 Å². The highest BCUT2D eigenvalue weighted by molar-refractivity contribution is 6.28. The molecule has 56 heavy (non-hydrogen) atoms. The molecule has 0 bridgehead atoms. The predicted octanol–water partition coefficient (Wildman–Crippen LogP) is 14.7. The number of hydrogen-bond acceptors (Lipinski definition) is 2. The fourth-order valence-corrected chi connectivity index (χ4v) is 8.19. The lowest BCUT2D eigenvalue weighted by atomic mass is 9.81. The van der Waals surface area contributed by atoms with E-state index in [4.69, 9.17) is 9.97 Å². The third-order valence-corrected chi connectivity index (χ3v) is 11.2. The van der Waals surface area contributed by atoms with Crippen molar-refractivity contribution in [1.29, 1.82) is 0 Å². The van der Waals surface area contributed by atoms with Gasteiger partial charge in [-0.2, -0.15) is 0 Å². The standard InChI is InChI=1S/C54H40N2/c1-54(2,3)44-31-42-27-29-45-47(37-21-19-36(20-22-37)35-13-7-4-8-14-35)33-48(46-30-28-43(32-44)51(42)52(45)46)38-23-25-41(26-24-38)53-55-49(39-15-9-5-10-16-39)34-50(56-53)40-17-11-6-12-18-40/h4-34H,1-3H3. The van der Waals surface area contributed by atoms with Crippen LogP contribution in [0.25, 0.3) is 99.6 Å². The summed E-state index contributed by atoms with van der Waals surface area (Å²) in [6, 6.07) is 67.8. The van der Waals surface area contributed by atoms with E-state index in [-0.39, 0.29) is 5.41 Å². The van der Waals surface area contributed by atoms with Crippen molar-refractivity contribution in [3.05, 3.63) is 194 Å². The molecule has 0 saturated carbocycles. The minimum absolute atomic E-state index is 0.0508. The van der Waals surface area contributed by atoms with Gasteiger partial charge in [0.15, 0.2) is 5.82 Å². The Balaban J connectivity index is 1.15. The highest BCUT2D eigenvalue weighted by Gasteiger charge is 2.21. The molecule has 0 atom stereocenters. The number of hydrogen-bond donors (Lipinski definition) is 0. The Bertz CT molecular complexity index is 2920. The summed E-state index contributed by atoms with van der Waals surface area (Å²) in [5.74, 6) is 0.709. The molecule has 2 heteroatoms. The Morgan fingerprint density at radius 3 is 1.21 bits per heavy atom. The molecule has 1 aromatic heterocycles. The molecule has 0 unspecified atom stereocenters. The predicted molar refractivity (Wildman–Crippen MR) is 237 cm³/mol. The van der Waals surface area contributed by atoms with Gasteiger partial charge in [-0.05, 0) is 88.8 Å². The second kappa shape index (κ2) is 13.4. The number of aromatic nitrogens is 2. The minimum Gasteiger partial charge on any atom is -0.228 e. The third-order valence-electron chi connectivity index (χ3n) is 11.2. The van der Waals surface area contributed by atoms with Gasteiger partial charge in [0.1, 0.15) is 0 Å². The molecular formula is C54H40N2. The zero-order valence-electron chi connectivity index (χ0n) is 31.8. The lowest BCUT2D eigenvalue weighted by Crippen LogP contribution is -2.10. The summed E-state index contributed by atoms with van der Waals surface area (Å²) in [5, 5.41) is 7.74. The van der Waals surface area contributed by atoms with E-state index < -0.39 is 0 Å². The van der Waals surface area contributed by atoms with E-state index in [9.17, 15) is 0 Å². The Kier molecular flexibility index (Phi) is 8.08. The highest BCUT2D eigenvalue weighted by Crippen LogP contribution is 2.45. The van der Waals surface area contributed by atoms with Crippen molar-refractivity contribution in [3.8, 4) is 67.3 Å². The van der Waals surface area contributed by atoms with E-state index in [0.29, 0.717) is 5.82 Å². The van der Waals surface area contributed by atoms with Gasteiger partial charge in [0.05, 0.1) is 11.4 Å². The lowest BCUT2D eigenvalue weighted by molar-refractivity contribution is 0.591. The highest BCUT2D eigenvalue weighted by atomic mass is 14.9. The van der Waals surface area contributed by atoms with Crippen LogP contribution in [0.2, 0.25) is 0 Å². The van der Waals surface area contributed by atoms with Crippen molar-refractivity contribution in [1.82, 2.24) is 9.97 Å². The lowest BCUT2D eigenvalue weighted by Gasteiger charge is -2.23. The van der Waals surface area contributed by atoms with Gasteiger partial charge in [-0.15, -0.1) is 0 Å². The SMILES string of the molecule is CC(C)(C)c1cc2ccc3c(-c4ccc(-c5ccccc5)cc4)cc(-c4ccc(-c5nc(-c6ccccc6)cc(-c6ccccc6)n5)cc4)c4ccc(c1)c2c34. The zero-order chi connectivity index (χ0) is 37.8. The normalized spacial score (nSPS) is 11.8. The Hall–Kier alpha value is -6.90. The molecule has 0 N–H and O–H groups in total. The number of benzene rings is 9. The Labute approximate surface area is 328 Å². The average Bonchev–Trinajstić information content (AvgIpc) is 3.26. The van der Waals surface area contributed by atoms with Gasteiger partial charge in [0.2, 0.25) is 0 Å². The molecule has 9 aromatic carbocycles. The van der Waals surface area contributed by atoms with Gasteiger partial charge < -0.3 is 0 Å². The smallest absolute Gasteiger partial charge is 0.160 e. The van der Waals surface area contributed by atoms with Gasteiger partial charge >= 0.3 is 0 Å². The monoisotopic (exact) mass is 716 g/mol. The second-order valence-corrected chi connectivity index (χ2v) is 15.8. The fourth-order valence-electron chi connectivity index (χ4n) is 8.19. The van der Waals surface area contributed by atoms with Crippen molar-refractivity contribution in [2.24, 2.45) is 0 Å². The van der Waals surface area contributed by atoms with Gasteiger partial charge in [0.25, 0.3) is 0 Å². The molecule has 2 nitrogen and oxygen atoms in total. The first kappa shape index (κ1) is 33.7. The van der Waals surface area contributed by atoms with Crippen LogP contribution < -0.4 is 0 Å². The van der Waals surface area contributed by atoms with Crippen molar-refractivity contribution in [2.45, 2.75) is 26.2 Å². The summed E-state index contributed by atoms with van der Waals surface area (Å²) in [6.45, 7) is 6.89. The molecule has 0 aliphatic carbocycles. The maximum absolute atomic E-state index is 5.10. The number of rotatable bonds is 6. The molecule has 0 aliphatic rings. The van der Waals surface area contributed by atoms with Crippen LogP contribution in [0.5, 0.6) is 0 Å². The molecular weight excluding hydrogens is 677 g/mol. The Morgan fingerprint density at radius 1 is 0.339 bits per heavy atom. The van der Waals surface area contributed by atoms with Crippen LogP contribution in [-0.4, -0.2) is 9.97 Å². The van der Waals surface area contributed by atoms with Crippen LogP contribution in [0.1, 0.15) is 26.3 Å². The van der Waals surface area contributed by atoms with Crippen LogP contribution in [0, 0.1) is 0 Å². The quantitative estimate of drug-likeness (QED) is 0.160. The largest absolute Gasteiger partial charge is 0.228 e. The molecule has 0 radical (unpaired) electrons. The van der Waals surface area contributed by atoms with Crippen LogP contribution in [0.4, 0.5) is 0 Å². The first-order valence-corrected chi connectivity index (χ1v) is 19.4. The molecule has 0 amide bonds. The van der Waals surface area contributed by atoms with E-state index in [2.05, 4.69) is 197 Å². The van der Waals surface area contributed by atoms with E-state index in [0.717, 1.165) is 33.6 Å². The van der Waals surface area contributed by atoms with Crippen LogP contribution in [0.15, 0.2) is 188 Å². The van der Waals surface area contributed by atoms with E-state index in [1.165, 1.54) is 65.7 Å². The van der Waals surface area contributed by atoms with Crippen LogP contribution in [-0.2, 0) is 5.41 Å². The molecule has 0 saturated heterocycles. The topological polar surface area (TPSA) is 25.8 Å². The fraction of sp³-hybridized carbons (Fsp3) is 0.0741. The second-order valence-electron chi connectivity index (χ2n) is 15.8. The van der Waals surface area contributed by atoms with Crippen molar-refractivity contribution in [3.63, 3.8) is 0 Å². The van der Waals surface area contributed by atoms with Gasteiger partial charge in [0, 0.05) is 16.7 Å².